The van der Waals surface area contributed by atoms with Gasteiger partial charge in [-0.3, -0.25) is 0 Å². The van der Waals surface area contributed by atoms with Crippen LogP contribution in [-0.2, 0) is 0 Å². The van der Waals surface area contributed by atoms with Gasteiger partial charge in [0.05, 0.1) is 17.8 Å². The molecule has 0 aliphatic carbocycles. The Balaban J connectivity index is 2.09. The average Bonchev–Trinajstić information content (AvgIpc) is 2.82. The van der Waals surface area contributed by atoms with Gasteiger partial charge >= 0.3 is 0 Å². The van der Waals surface area contributed by atoms with Crippen molar-refractivity contribution in [2.45, 2.75) is 6.04 Å². The Bertz CT molecular complexity index is 690. The van der Waals surface area contributed by atoms with Crippen molar-refractivity contribution in [3.05, 3.63) is 71.8 Å². The molecule has 0 saturated carbocycles. The van der Waals surface area contributed by atoms with Crippen molar-refractivity contribution in [2.24, 2.45) is 5.73 Å². The maximum atomic E-state index is 13.2. The van der Waals surface area contributed by atoms with E-state index < -0.39 is 0 Å². The van der Waals surface area contributed by atoms with Crippen molar-refractivity contribution in [2.75, 3.05) is 0 Å². The van der Waals surface area contributed by atoms with Crippen molar-refractivity contribution in [1.82, 2.24) is 9.61 Å². The van der Waals surface area contributed by atoms with Crippen LogP contribution in [0.25, 0.3) is 5.52 Å². The number of hydrogen-bond donors (Lipinski definition) is 1. The van der Waals surface area contributed by atoms with Gasteiger partial charge in [-0.15, -0.1) is 0 Å². The minimum atomic E-state index is -0.374. The Morgan fingerprint density at radius 3 is 2.89 bits per heavy atom. The van der Waals surface area contributed by atoms with Crippen LogP contribution in [0.2, 0.25) is 0 Å². The van der Waals surface area contributed by atoms with E-state index in [1.807, 2.05) is 30.5 Å². The summed E-state index contributed by atoms with van der Waals surface area (Å²) >= 11 is 0. The highest BCUT2D eigenvalue weighted by Gasteiger charge is 2.14. The first-order chi connectivity index (χ1) is 8.75. The summed E-state index contributed by atoms with van der Waals surface area (Å²) < 4.78 is 15.0. The van der Waals surface area contributed by atoms with Crippen LogP contribution in [0, 0.1) is 5.82 Å². The lowest BCUT2D eigenvalue weighted by Gasteiger charge is -2.10. The van der Waals surface area contributed by atoms with Crippen LogP contribution in [0.3, 0.4) is 0 Å². The molecule has 1 aromatic carbocycles. The van der Waals surface area contributed by atoms with Crippen LogP contribution in [0.4, 0.5) is 4.39 Å². The molecule has 3 nitrogen and oxygen atoms in total. The van der Waals surface area contributed by atoms with Crippen LogP contribution < -0.4 is 5.73 Å². The summed E-state index contributed by atoms with van der Waals surface area (Å²) in [5, 5.41) is 4.23. The summed E-state index contributed by atoms with van der Waals surface area (Å²) in [6.07, 6.45) is 3.59. The van der Waals surface area contributed by atoms with E-state index in [4.69, 9.17) is 5.73 Å². The summed E-state index contributed by atoms with van der Waals surface area (Å²) in [5.74, 6) is -0.278. The van der Waals surface area contributed by atoms with Crippen molar-refractivity contribution in [3.63, 3.8) is 0 Å². The van der Waals surface area contributed by atoms with Crippen LogP contribution in [-0.4, -0.2) is 9.61 Å². The van der Waals surface area contributed by atoms with Crippen LogP contribution in [0.5, 0.6) is 0 Å². The molecule has 2 heterocycles. The second-order valence-corrected chi connectivity index (χ2v) is 4.16. The van der Waals surface area contributed by atoms with Crippen molar-refractivity contribution >= 4 is 5.52 Å². The molecule has 2 N–H and O–H groups in total. The van der Waals surface area contributed by atoms with E-state index in [9.17, 15) is 4.39 Å². The lowest BCUT2D eigenvalue weighted by Crippen LogP contribution is -2.11. The third-order valence-corrected chi connectivity index (χ3v) is 3.00. The number of hydrogen-bond acceptors (Lipinski definition) is 2. The van der Waals surface area contributed by atoms with Gasteiger partial charge in [-0.05, 0) is 29.8 Å². The summed E-state index contributed by atoms with van der Waals surface area (Å²) in [7, 11) is 0. The van der Waals surface area contributed by atoms with E-state index in [0.717, 1.165) is 16.6 Å². The normalized spacial score (nSPS) is 12.8. The number of halogens is 1. The van der Waals surface area contributed by atoms with Gasteiger partial charge in [-0.25, -0.2) is 8.91 Å². The summed E-state index contributed by atoms with van der Waals surface area (Å²) in [6.45, 7) is 0. The molecule has 90 valence electrons. The molecule has 0 saturated heterocycles. The van der Waals surface area contributed by atoms with Crippen LogP contribution in [0.1, 0.15) is 17.2 Å². The van der Waals surface area contributed by atoms with Gasteiger partial charge in [0.2, 0.25) is 0 Å². The molecule has 1 unspecified atom stereocenters. The smallest absolute Gasteiger partial charge is 0.123 e. The predicted octanol–water partition coefficient (Wildman–Crippen LogP) is 2.52. The number of fused-ring (bicyclic) bond motifs is 1. The predicted molar refractivity (Wildman–Crippen MR) is 67.6 cm³/mol. The summed E-state index contributed by atoms with van der Waals surface area (Å²) in [6, 6.07) is 11.7. The lowest BCUT2D eigenvalue weighted by molar-refractivity contribution is 0.623. The Labute approximate surface area is 104 Å². The molecule has 0 aliphatic rings. The SMILES string of the molecule is NC(c1cccc(F)c1)c1cnn2ccccc12. The number of benzene rings is 1. The summed E-state index contributed by atoms with van der Waals surface area (Å²) in [5.41, 5.74) is 8.75. The maximum Gasteiger partial charge on any atom is 0.123 e. The molecule has 3 rings (SSSR count). The van der Waals surface area contributed by atoms with Gasteiger partial charge in [0.25, 0.3) is 0 Å². The van der Waals surface area contributed by atoms with E-state index in [1.165, 1.54) is 12.1 Å². The molecule has 4 heteroatoms. The summed E-state index contributed by atoms with van der Waals surface area (Å²) in [4.78, 5) is 0. The zero-order valence-corrected chi connectivity index (χ0v) is 9.62. The first kappa shape index (κ1) is 10.9. The van der Waals surface area contributed by atoms with E-state index in [0.29, 0.717) is 0 Å². The van der Waals surface area contributed by atoms with E-state index >= 15 is 0 Å². The molecule has 0 spiro atoms. The first-order valence-corrected chi connectivity index (χ1v) is 5.69. The minimum Gasteiger partial charge on any atom is -0.320 e. The molecule has 0 aliphatic heterocycles. The fourth-order valence-corrected chi connectivity index (χ4v) is 2.07. The Morgan fingerprint density at radius 1 is 1.17 bits per heavy atom. The number of nitrogens with two attached hydrogens (primary N) is 1. The highest BCUT2D eigenvalue weighted by Crippen LogP contribution is 2.23. The number of rotatable bonds is 2. The Hall–Kier alpha value is -2.20. The second kappa shape index (κ2) is 4.23. The molecule has 0 fully saturated rings. The largest absolute Gasteiger partial charge is 0.320 e. The minimum absolute atomic E-state index is 0.278. The molecular formula is C14H12FN3. The lowest BCUT2D eigenvalue weighted by atomic mass is 10.0. The van der Waals surface area contributed by atoms with Gasteiger partial charge in [-0.1, -0.05) is 18.2 Å². The quantitative estimate of drug-likeness (QED) is 0.749. The maximum absolute atomic E-state index is 13.2. The number of nitrogens with zero attached hydrogens (tertiary/aromatic N) is 2. The highest BCUT2D eigenvalue weighted by molar-refractivity contribution is 5.56. The number of pyridine rings is 1. The third kappa shape index (κ3) is 1.76. The molecule has 1 atom stereocenters. The van der Waals surface area contributed by atoms with Crippen LogP contribution >= 0.6 is 0 Å². The fraction of sp³-hybridized carbons (Fsp3) is 0.0714. The van der Waals surface area contributed by atoms with E-state index in [1.54, 1.807) is 16.8 Å². The van der Waals surface area contributed by atoms with Gasteiger partial charge in [-0.2, -0.15) is 5.10 Å². The molecule has 0 amide bonds. The van der Waals surface area contributed by atoms with Gasteiger partial charge in [0, 0.05) is 11.8 Å². The van der Waals surface area contributed by atoms with Gasteiger partial charge < -0.3 is 5.73 Å². The van der Waals surface area contributed by atoms with Crippen molar-refractivity contribution in [3.8, 4) is 0 Å². The molecule has 2 aromatic heterocycles. The third-order valence-electron chi connectivity index (χ3n) is 3.00. The Kier molecular flexibility index (Phi) is 2.57. The van der Waals surface area contributed by atoms with Crippen LogP contribution in [0.15, 0.2) is 54.9 Å². The fourth-order valence-electron chi connectivity index (χ4n) is 2.07. The molecule has 3 aromatic rings. The van der Waals surface area contributed by atoms with E-state index in [-0.39, 0.29) is 11.9 Å². The molecule has 18 heavy (non-hydrogen) atoms. The van der Waals surface area contributed by atoms with Gasteiger partial charge in [0.1, 0.15) is 5.82 Å². The van der Waals surface area contributed by atoms with E-state index in [2.05, 4.69) is 5.10 Å². The highest BCUT2D eigenvalue weighted by atomic mass is 19.1. The average molecular weight is 241 g/mol. The zero-order valence-electron chi connectivity index (χ0n) is 9.62. The topological polar surface area (TPSA) is 43.3 Å². The van der Waals surface area contributed by atoms with Gasteiger partial charge in [0.15, 0.2) is 0 Å². The monoisotopic (exact) mass is 241 g/mol. The van der Waals surface area contributed by atoms with Crippen molar-refractivity contribution in [1.29, 1.82) is 0 Å². The van der Waals surface area contributed by atoms with Crippen molar-refractivity contribution < 1.29 is 4.39 Å². The zero-order chi connectivity index (χ0) is 12.5. The second-order valence-electron chi connectivity index (χ2n) is 4.16. The standard InChI is InChI=1S/C14H12FN3/c15-11-5-3-4-10(8-11)14(16)12-9-17-18-7-2-1-6-13(12)18/h1-9,14H,16H2. The Morgan fingerprint density at radius 2 is 2.06 bits per heavy atom. The molecular weight excluding hydrogens is 229 g/mol. The number of aromatic nitrogens is 2. The molecule has 0 radical (unpaired) electrons. The first-order valence-electron chi connectivity index (χ1n) is 5.69. The molecule has 0 bridgehead atoms.